The van der Waals surface area contributed by atoms with Gasteiger partial charge in [0.05, 0.1) is 19.6 Å². The Hall–Kier alpha value is -1.81. The van der Waals surface area contributed by atoms with Gasteiger partial charge in [-0.3, -0.25) is 0 Å². The number of amides is 1. The molecule has 46 heavy (non-hydrogen) atoms. The zero-order chi connectivity index (χ0) is 33.1. The lowest BCUT2D eigenvalue weighted by Crippen LogP contribution is -2.51. The first-order valence-corrected chi connectivity index (χ1v) is 19.5. The van der Waals surface area contributed by atoms with Crippen LogP contribution in [0.5, 0.6) is 0 Å². The van der Waals surface area contributed by atoms with Crippen molar-refractivity contribution in [3.8, 4) is 0 Å². The topological polar surface area (TPSA) is 38.3 Å². The van der Waals surface area contributed by atoms with Crippen LogP contribution in [0.1, 0.15) is 137 Å². The van der Waals surface area contributed by atoms with Gasteiger partial charge in [0, 0.05) is 18.5 Å². The standard InChI is InChI=1S/C42H68N2O2/c1-9-44(10-2,11-3)29-33-17-15-32(16-18-33)28-43-40(45)46-35-23-25-41(7)34(27-35)19-20-36-38-22-21-37(31(6)14-12-13-30(4)5)42(38,8)26-24-39(36)41/h15-19,30-31,35-39H,9-14,20-29H2,1-8H3/p+1/t31-,35+,36+,37-,38+,39+,41+,42-/m1/s1. The van der Waals surface area contributed by atoms with Gasteiger partial charge < -0.3 is 14.5 Å². The first-order valence-electron chi connectivity index (χ1n) is 19.5. The monoisotopic (exact) mass is 634 g/mol. The SMILES string of the molecule is CC[N+](CC)(CC)Cc1ccc(CNC(=O)O[C@H]2CC[C@@]3(C)C(=CC[C@H]4[C@@H]5CC[C@H]([C@H](C)CCCC(C)C)[C@@]5(C)CC[C@@H]43)C2)cc1. The van der Waals surface area contributed by atoms with E-state index in [1.807, 2.05) is 0 Å². The van der Waals surface area contributed by atoms with Crippen LogP contribution < -0.4 is 5.32 Å². The minimum atomic E-state index is -0.265. The van der Waals surface area contributed by atoms with Gasteiger partial charge in [-0.05, 0) is 118 Å². The van der Waals surface area contributed by atoms with Gasteiger partial charge in [-0.2, -0.15) is 0 Å². The number of alkyl carbamates (subject to hydrolysis) is 1. The van der Waals surface area contributed by atoms with E-state index in [1.54, 1.807) is 5.57 Å². The highest BCUT2D eigenvalue weighted by Gasteiger charge is 2.59. The summed E-state index contributed by atoms with van der Waals surface area (Å²) in [6, 6.07) is 8.79. The van der Waals surface area contributed by atoms with Crippen LogP contribution >= 0.6 is 0 Å². The molecule has 4 aliphatic carbocycles. The van der Waals surface area contributed by atoms with Crippen molar-refractivity contribution < 1.29 is 14.0 Å². The zero-order valence-corrected chi connectivity index (χ0v) is 31.0. The van der Waals surface area contributed by atoms with E-state index in [-0.39, 0.29) is 17.6 Å². The molecule has 8 atom stereocenters. The van der Waals surface area contributed by atoms with Crippen LogP contribution in [0.2, 0.25) is 0 Å². The number of carbonyl (C=O) groups is 1. The summed E-state index contributed by atoms with van der Waals surface area (Å²) in [5.74, 6) is 5.13. The van der Waals surface area contributed by atoms with Crippen LogP contribution in [0.25, 0.3) is 0 Å². The second kappa shape index (κ2) is 14.8. The molecular weight excluding hydrogens is 564 g/mol. The van der Waals surface area contributed by atoms with Crippen LogP contribution in [-0.2, 0) is 17.8 Å². The second-order valence-corrected chi connectivity index (χ2v) is 17.2. The van der Waals surface area contributed by atoms with Gasteiger partial charge in [-0.15, -0.1) is 0 Å². The van der Waals surface area contributed by atoms with Crippen LogP contribution in [0.3, 0.4) is 0 Å². The Labute approximate surface area is 283 Å². The van der Waals surface area contributed by atoms with Crippen LogP contribution in [0.4, 0.5) is 4.79 Å². The number of hydrogen-bond donors (Lipinski definition) is 1. The summed E-state index contributed by atoms with van der Waals surface area (Å²) in [5.41, 5.74) is 4.90. The van der Waals surface area contributed by atoms with E-state index in [9.17, 15) is 4.79 Å². The van der Waals surface area contributed by atoms with Crippen molar-refractivity contribution in [3.63, 3.8) is 0 Å². The minimum absolute atomic E-state index is 0.00215. The zero-order valence-electron chi connectivity index (χ0n) is 31.0. The molecule has 0 spiro atoms. The Morgan fingerprint density at radius 3 is 2.28 bits per heavy atom. The predicted octanol–water partition coefficient (Wildman–Crippen LogP) is 10.7. The quantitative estimate of drug-likeness (QED) is 0.173. The largest absolute Gasteiger partial charge is 0.446 e. The molecule has 0 aliphatic heterocycles. The Kier molecular flexibility index (Phi) is 11.4. The lowest BCUT2D eigenvalue weighted by atomic mass is 9.47. The molecule has 1 aromatic carbocycles. The summed E-state index contributed by atoms with van der Waals surface area (Å²) < 4.78 is 7.17. The van der Waals surface area contributed by atoms with Gasteiger partial charge in [0.1, 0.15) is 12.6 Å². The maximum Gasteiger partial charge on any atom is 0.407 e. The molecule has 4 nitrogen and oxygen atoms in total. The average molecular weight is 634 g/mol. The molecule has 1 aromatic rings. The number of ether oxygens (including phenoxy) is 1. The van der Waals surface area contributed by atoms with Crippen molar-refractivity contribution in [1.82, 2.24) is 5.32 Å². The fourth-order valence-corrected chi connectivity index (χ4v) is 11.3. The van der Waals surface area contributed by atoms with Gasteiger partial charge in [-0.1, -0.05) is 89.8 Å². The Bertz CT molecular complexity index is 1180. The maximum absolute atomic E-state index is 12.9. The number of benzene rings is 1. The van der Waals surface area contributed by atoms with E-state index in [1.165, 1.54) is 56.9 Å². The average Bonchev–Trinajstić information content (AvgIpc) is 3.40. The molecule has 4 heteroatoms. The van der Waals surface area contributed by atoms with E-state index in [4.69, 9.17) is 4.74 Å². The molecule has 0 heterocycles. The molecule has 0 radical (unpaired) electrons. The van der Waals surface area contributed by atoms with Crippen molar-refractivity contribution in [1.29, 1.82) is 0 Å². The van der Waals surface area contributed by atoms with E-state index >= 15 is 0 Å². The molecule has 3 saturated carbocycles. The molecule has 0 unspecified atom stereocenters. The fourth-order valence-electron chi connectivity index (χ4n) is 11.3. The Morgan fingerprint density at radius 2 is 1.61 bits per heavy atom. The number of allylic oxidation sites excluding steroid dienone is 1. The third kappa shape index (κ3) is 7.28. The second-order valence-electron chi connectivity index (χ2n) is 17.2. The van der Waals surface area contributed by atoms with Crippen molar-refractivity contribution in [3.05, 3.63) is 47.0 Å². The first kappa shape index (κ1) is 35.5. The van der Waals surface area contributed by atoms with Gasteiger partial charge in [0.25, 0.3) is 0 Å². The number of quaternary nitrogens is 1. The van der Waals surface area contributed by atoms with Gasteiger partial charge in [0.2, 0.25) is 0 Å². The number of carbonyl (C=O) groups excluding carboxylic acids is 1. The Balaban J connectivity index is 1.13. The van der Waals surface area contributed by atoms with Gasteiger partial charge in [-0.25, -0.2) is 4.79 Å². The molecule has 258 valence electrons. The van der Waals surface area contributed by atoms with Gasteiger partial charge in [0.15, 0.2) is 0 Å². The summed E-state index contributed by atoms with van der Waals surface area (Å²) >= 11 is 0. The van der Waals surface area contributed by atoms with E-state index < -0.39 is 0 Å². The molecule has 3 fully saturated rings. The number of fused-ring (bicyclic) bond motifs is 5. The van der Waals surface area contributed by atoms with Crippen LogP contribution in [0, 0.1) is 46.3 Å². The lowest BCUT2D eigenvalue weighted by molar-refractivity contribution is -0.936. The molecule has 4 aliphatic rings. The van der Waals surface area contributed by atoms with Crippen molar-refractivity contribution in [2.24, 2.45) is 46.3 Å². The highest BCUT2D eigenvalue weighted by atomic mass is 16.6. The third-order valence-corrected chi connectivity index (χ3v) is 14.5. The molecule has 0 saturated heterocycles. The van der Waals surface area contributed by atoms with Gasteiger partial charge >= 0.3 is 6.09 Å². The molecule has 1 amide bonds. The summed E-state index contributed by atoms with van der Waals surface area (Å²) in [5, 5.41) is 3.05. The normalized spacial score (nSPS) is 33.1. The van der Waals surface area contributed by atoms with Crippen molar-refractivity contribution >= 4 is 6.09 Å². The lowest BCUT2D eigenvalue weighted by Gasteiger charge is -2.58. The summed E-state index contributed by atoms with van der Waals surface area (Å²) in [7, 11) is 0. The highest BCUT2D eigenvalue weighted by molar-refractivity contribution is 5.67. The molecular formula is C42H69N2O2+. The number of nitrogens with one attached hydrogen (secondary N) is 1. The molecule has 0 bridgehead atoms. The van der Waals surface area contributed by atoms with E-state index in [0.29, 0.717) is 12.0 Å². The minimum Gasteiger partial charge on any atom is -0.446 e. The first-order chi connectivity index (χ1) is 22.0. The fraction of sp³-hybridized carbons (Fsp3) is 0.786. The smallest absolute Gasteiger partial charge is 0.407 e. The molecule has 1 N–H and O–H groups in total. The molecule has 5 rings (SSSR count). The van der Waals surface area contributed by atoms with Crippen LogP contribution in [-0.4, -0.2) is 36.3 Å². The summed E-state index contributed by atoms with van der Waals surface area (Å²) in [4.78, 5) is 12.9. The third-order valence-electron chi connectivity index (χ3n) is 14.5. The van der Waals surface area contributed by atoms with Crippen LogP contribution in [0.15, 0.2) is 35.9 Å². The summed E-state index contributed by atoms with van der Waals surface area (Å²) in [6.45, 7) is 24.5. The van der Waals surface area contributed by atoms with E-state index in [0.717, 1.165) is 91.0 Å². The summed E-state index contributed by atoms with van der Waals surface area (Å²) in [6.07, 6.45) is 16.6. The molecule has 0 aromatic heterocycles. The number of hydrogen-bond acceptors (Lipinski definition) is 2. The van der Waals surface area contributed by atoms with E-state index in [2.05, 4.69) is 91.0 Å². The number of rotatable bonds is 13. The maximum atomic E-state index is 12.9. The Morgan fingerprint density at radius 1 is 0.913 bits per heavy atom. The predicted molar refractivity (Wildman–Crippen MR) is 192 cm³/mol. The van der Waals surface area contributed by atoms with Crippen molar-refractivity contribution in [2.45, 2.75) is 145 Å². The highest BCUT2D eigenvalue weighted by Crippen LogP contribution is 2.67. The van der Waals surface area contributed by atoms with Crippen molar-refractivity contribution in [2.75, 3.05) is 19.6 Å². The number of nitrogens with zero attached hydrogens (tertiary/aromatic N) is 1.